The number of hydrogen-bond donors (Lipinski definition) is 3. The molecule has 2 amide bonds. The second kappa shape index (κ2) is 27.3. The Labute approximate surface area is 272 Å². The Bertz CT molecular complexity index is 940. The molecule has 0 unspecified atom stereocenters. The summed E-state index contributed by atoms with van der Waals surface area (Å²) in [6.45, 7) is 16.0. The van der Waals surface area contributed by atoms with Crippen molar-refractivity contribution >= 4 is 33.6 Å². The van der Waals surface area contributed by atoms with Gasteiger partial charge >= 0.3 is 6.09 Å². The zero-order valence-corrected chi connectivity index (χ0v) is 28.7. The van der Waals surface area contributed by atoms with Crippen LogP contribution in [0.15, 0.2) is 29.2 Å². The highest BCUT2D eigenvalue weighted by Crippen LogP contribution is 2.35. The van der Waals surface area contributed by atoms with Crippen LogP contribution in [0.4, 0.5) is 4.79 Å². The Balaban J connectivity index is 2.00. The SMILES string of the molecule is CC(C)C#CCNC(=O)OCCCCO[C@H](C)SSc1ccc(CC(=O)NCCOCCOCCOCCNC(C)C)cc1. The number of ether oxygens (including phenoxy) is 5. The third kappa shape index (κ3) is 25.4. The van der Waals surface area contributed by atoms with Gasteiger partial charge in [0.25, 0.3) is 0 Å². The maximum absolute atomic E-state index is 12.2. The molecule has 1 aromatic carbocycles. The van der Waals surface area contributed by atoms with E-state index in [2.05, 4.69) is 41.6 Å². The molecular weight excluding hydrogens is 603 g/mol. The molecule has 0 heterocycles. The Morgan fingerprint density at radius 1 is 0.795 bits per heavy atom. The number of hydrogen-bond acceptors (Lipinski definition) is 10. The maximum Gasteiger partial charge on any atom is 0.407 e. The number of alkyl carbamates (subject to hydrolysis) is 1. The van der Waals surface area contributed by atoms with Crippen LogP contribution >= 0.6 is 21.6 Å². The molecular formula is C32H53N3O7S2. The molecule has 0 bridgehead atoms. The quantitative estimate of drug-likeness (QED) is 0.0595. The van der Waals surface area contributed by atoms with Gasteiger partial charge in [0, 0.05) is 36.6 Å². The van der Waals surface area contributed by atoms with Crippen molar-refractivity contribution in [2.24, 2.45) is 5.92 Å². The lowest BCUT2D eigenvalue weighted by Gasteiger charge is -2.12. The molecule has 0 aliphatic heterocycles. The van der Waals surface area contributed by atoms with E-state index in [-0.39, 0.29) is 17.3 Å². The van der Waals surface area contributed by atoms with E-state index in [9.17, 15) is 9.59 Å². The molecule has 0 aliphatic rings. The largest absolute Gasteiger partial charge is 0.450 e. The first kappa shape index (κ1) is 40.0. The third-order valence-corrected chi connectivity index (χ3v) is 8.16. The van der Waals surface area contributed by atoms with Crippen LogP contribution in [-0.4, -0.2) is 96.0 Å². The Morgan fingerprint density at radius 3 is 2.09 bits per heavy atom. The van der Waals surface area contributed by atoms with E-state index < -0.39 is 6.09 Å². The lowest BCUT2D eigenvalue weighted by atomic mass is 10.1. The van der Waals surface area contributed by atoms with Gasteiger partial charge in [-0.25, -0.2) is 4.79 Å². The summed E-state index contributed by atoms with van der Waals surface area (Å²) in [5, 5.41) is 8.79. The van der Waals surface area contributed by atoms with Crippen molar-refractivity contribution in [2.75, 3.05) is 72.5 Å². The minimum absolute atomic E-state index is 0.0131. The van der Waals surface area contributed by atoms with Crippen LogP contribution in [0.2, 0.25) is 0 Å². The zero-order chi connectivity index (χ0) is 32.3. The number of amides is 2. The molecule has 1 aromatic rings. The van der Waals surface area contributed by atoms with Crippen LogP contribution in [0, 0.1) is 17.8 Å². The topological polar surface area (TPSA) is 116 Å². The summed E-state index contributed by atoms with van der Waals surface area (Å²) >= 11 is 0. The molecule has 12 heteroatoms. The lowest BCUT2D eigenvalue weighted by Crippen LogP contribution is -2.29. The number of carbonyl (C=O) groups excluding carboxylic acids is 2. The first-order valence-corrected chi connectivity index (χ1v) is 17.6. The number of rotatable bonds is 25. The van der Waals surface area contributed by atoms with Gasteiger partial charge in [0.1, 0.15) is 5.44 Å². The van der Waals surface area contributed by atoms with Crippen LogP contribution in [0.1, 0.15) is 53.0 Å². The smallest absolute Gasteiger partial charge is 0.407 e. The predicted octanol–water partition coefficient (Wildman–Crippen LogP) is 4.66. The van der Waals surface area contributed by atoms with Crippen LogP contribution in [0.5, 0.6) is 0 Å². The highest BCUT2D eigenvalue weighted by molar-refractivity contribution is 8.76. The monoisotopic (exact) mass is 655 g/mol. The molecule has 0 radical (unpaired) electrons. The zero-order valence-electron chi connectivity index (χ0n) is 27.1. The standard InChI is InChI=1S/C32H53N3O7S2/c1-26(2)9-8-14-35-32(37)42-18-7-6-17-41-28(5)43-44-30-12-10-29(11-13-30)25-31(36)34-16-20-39-22-24-40-23-21-38-19-15-33-27(3)4/h10-13,26-28,33H,6-7,14-25H2,1-5H3,(H,34,36)(H,35,37)/t28-/m0/s1. The highest BCUT2D eigenvalue weighted by Gasteiger charge is 2.07. The summed E-state index contributed by atoms with van der Waals surface area (Å²) in [6, 6.07) is 8.44. The minimum Gasteiger partial charge on any atom is -0.450 e. The fourth-order valence-corrected chi connectivity index (χ4v) is 5.21. The molecule has 0 saturated carbocycles. The van der Waals surface area contributed by atoms with Crippen molar-refractivity contribution in [1.29, 1.82) is 0 Å². The highest BCUT2D eigenvalue weighted by atomic mass is 33.1. The van der Waals surface area contributed by atoms with E-state index >= 15 is 0 Å². The van der Waals surface area contributed by atoms with E-state index in [4.69, 9.17) is 23.7 Å². The van der Waals surface area contributed by atoms with Crippen LogP contribution in [-0.2, 0) is 34.9 Å². The fourth-order valence-electron chi connectivity index (χ4n) is 3.33. The predicted molar refractivity (Wildman–Crippen MR) is 179 cm³/mol. The summed E-state index contributed by atoms with van der Waals surface area (Å²) in [4.78, 5) is 24.9. The molecule has 0 spiro atoms. The van der Waals surface area contributed by atoms with Crippen molar-refractivity contribution in [1.82, 2.24) is 16.0 Å². The molecule has 1 rings (SSSR count). The van der Waals surface area contributed by atoms with Gasteiger partial charge in [-0.1, -0.05) is 73.3 Å². The van der Waals surface area contributed by atoms with Crippen molar-refractivity contribution in [2.45, 2.75) is 70.3 Å². The lowest BCUT2D eigenvalue weighted by molar-refractivity contribution is -0.120. The molecule has 250 valence electrons. The van der Waals surface area contributed by atoms with Gasteiger partial charge in [-0.05, 0) is 37.5 Å². The second-order valence-electron chi connectivity index (χ2n) is 10.4. The van der Waals surface area contributed by atoms with Gasteiger partial charge < -0.3 is 39.6 Å². The van der Waals surface area contributed by atoms with Gasteiger partial charge in [-0.15, -0.1) is 0 Å². The maximum atomic E-state index is 12.2. The minimum atomic E-state index is -0.443. The molecule has 0 saturated heterocycles. The summed E-state index contributed by atoms with van der Waals surface area (Å²) in [5.41, 5.74) is 0.969. The molecule has 0 aromatic heterocycles. The number of unbranched alkanes of at least 4 members (excludes halogenated alkanes) is 1. The van der Waals surface area contributed by atoms with Gasteiger partial charge in [0.15, 0.2) is 0 Å². The second-order valence-corrected chi connectivity index (χ2v) is 13.0. The number of carbonyl (C=O) groups is 2. The Hall–Kier alpha value is -1.98. The first-order chi connectivity index (χ1) is 21.3. The third-order valence-electron chi connectivity index (χ3n) is 5.52. The van der Waals surface area contributed by atoms with Gasteiger partial charge in [0.05, 0.1) is 59.2 Å². The average molecular weight is 656 g/mol. The van der Waals surface area contributed by atoms with Crippen molar-refractivity contribution in [3.05, 3.63) is 29.8 Å². The molecule has 0 aliphatic carbocycles. The normalized spacial score (nSPS) is 11.7. The molecule has 3 N–H and O–H groups in total. The Morgan fingerprint density at radius 2 is 1.43 bits per heavy atom. The van der Waals surface area contributed by atoms with Crippen molar-refractivity contribution in [3.8, 4) is 11.8 Å². The molecule has 0 fully saturated rings. The van der Waals surface area contributed by atoms with Crippen molar-refractivity contribution in [3.63, 3.8) is 0 Å². The van der Waals surface area contributed by atoms with Crippen LogP contribution in [0.3, 0.4) is 0 Å². The number of benzene rings is 1. The van der Waals surface area contributed by atoms with E-state index in [1.54, 1.807) is 21.6 Å². The fraction of sp³-hybridized carbons (Fsp3) is 0.688. The summed E-state index contributed by atoms with van der Waals surface area (Å²) in [6.07, 6.45) is 1.42. The molecule has 1 atom stereocenters. The summed E-state index contributed by atoms with van der Waals surface area (Å²) < 4.78 is 27.4. The van der Waals surface area contributed by atoms with Crippen LogP contribution in [0.25, 0.3) is 0 Å². The van der Waals surface area contributed by atoms with Gasteiger partial charge in [-0.2, -0.15) is 0 Å². The number of nitrogens with one attached hydrogen (secondary N) is 3. The van der Waals surface area contributed by atoms with Crippen LogP contribution < -0.4 is 16.0 Å². The molecule has 44 heavy (non-hydrogen) atoms. The van der Waals surface area contributed by atoms with Crippen molar-refractivity contribution < 1.29 is 33.3 Å². The Kier molecular flexibility index (Phi) is 24.9. The first-order valence-electron chi connectivity index (χ1n) is 15.4. The summed E-state index contributed by atoms with van der Waals surface area (Å²) in [7, 11) is 3.27. The van der Waals surface area contributed by atoms with E-state index in [1.165, 1.54) is 0 Å². The molecule has 10 nitrogen and oxygen atoms in total. The summed E-state index contributed by atoms with van der Waals surface area (Å²) in [5.74, 6) is 6.11. The average Bonchev–Trinajstić information content (AvgIpc) is 2.98. The van der Waals surface area contributed by atoms with Gasteiger partial charge in [-0.3, -0.25) is 4.79 Å². The van der Waals surface area contributed by atoms with Gasteiger partial charge in [0.2, 0.25) is 5.91 Å². The van der Waals surface area contributed by atoms with E-state index in [0.717, 1.165) is 29.8 Å². The van der Waals surface area contributed by atoms with E-state index in [0.29, 0.717) is 78.4 Å². The van der Waals surface area contributed by atoms with E-state index in [1.807, 2.05) is 45.0 Å².